The standard InChI is InChI=1S/C9H11NO6S/c11-7-3-1-6(2-4-7)5-8(9(12)13)10-17(14,15)16/h1-4,8,10-11H,5H2,(H,12,13)(H,14,15,16)/t8-/m0/s1. The molecule has 8 heteroatoms. The van der Waals surface area contributed by atoms with Crippen molar-refractivity contribution in [2.24, 2.45) is 0 Å². The Morgan fingerprint density at radius 3 is 2.24 bits per heavy atom. The number of phenols is 1. The van der Waals surface area contributed by atoms with Crippen molar-refractivity contribution in [1.29, 1.82) is 0 Å². The van der Waals surface area contributed by atoms with E-state index in [1.807, 2.05) is 0 Å². The average molecular weight is 261 g/mol. The molecule has 0 saturated heterocycles. The molecule has 0 aliphatic rings. The molecule has 0 aliphatic heterocycles. The maximum absolute atomic E-state index is 10.8. The average Bonchev–Trinajstić information content (AvgIpc) is 2.18. The SMILES string of the molecule is O=C(O)[C@H](Cc1ccc(O)cc1)NS(=O)(=O)O. The molecule has 0 radical (unpaired) electrons. The summed E-state index contributed by atoms with van der Waals surface area (Å²) >= 11 is 0. The Morgan fingerprint density at radius 1 is 1.29 bits per heavy atom. The molecular formula is C9H11NO6S. The van der Waals surface area contributed by atoms with Crippen molar-refractivity contribution in [2.75, 3.05) is 0 Å². The van der Waals surface area contributed by atoms with Crippen LogP contribution in [-0.2, 0) is 21.5 Å². The van der Waals surface area contributed by atoms with E-state index in [2.05, 4.69) is 0 Å². The molecule has 0 amide bonds. The molecular weight excluding hydrogens is 250 g/mol. The molecule has 0 aromatic heterocycles. The summed E-state index contributed by atoms with van der Waals surface area (Å²) in [5, 5.41) is 17.8. The van der Waals surface area contributed by atoms with Gasteiger partial charge in [-0.1, -0.05) is 12.1 Å². The summed E-state index contributed by atoms with van der Waals surface area (Å²) < 4.78 is 31.2. The Balaban J connectivity index is 2.80. The normalized spacial score (nSPS) is 13.2. The van der Waals surface area contributed by atoms with Gasteiger partial charge in [-0.2, -0.15) is 13.1 Å². The first-order valence-corrected chi connectivity index (χ1v) is 5.97. The number of benzene rings is 1. The number of carboxylic acids is 1. The van der Waals surface area contributed by atoms with Crippen molar-refractivity contribution in [3.8, 4) is 5.75 Å². The summed E-state index contributed by atoms with van der Waals surface area (Å²) in [7, 11) is -4.58. The number of phenolic OH excluding ortho intramolecular Hbond substituents is 1. The number of carbonyl (C=O) groups is 1. The van der Waals surface area contributed by atoms with E-state index in [1.165, 1.54) is 24.3 Å². The molecule has 0 unspecified atom stereocenters. The first kappa shape index (κ1) is 13.4. The minimum Gasteiger partial charge on any atom is -0.508 e. The maximum Gasteiger partial charge on any atom is 0.334 e. The summed E-state index contributed by atoms with van der Waals surface area (Å²) in [6.45, 7) is 0. The Kier molecular flexibility index (Phi) is 4.05. The van der Waals surface area contributed by atoms with Crippen LogP contribution in [0.4, 0.5) is 0 Å². The Morgan fingerprint density at radius 2 is 1.82 bits per heavy atom. The van der Waals surface area contributed by atoms with E-state index in [4.69, 9.17) is 14.8 Å². The fraction of sp³-hybridized carbons (Fsp3) is 0.222. The van der Waals surface area contributed by atoms with Gasteiger partial charge in [0.25, 0.3) is 0 Å². The molecule has 0 fully saturated rings. The molecule has 1 aromatic carbocycles. The second kappa shape index (κ2) is 5.13. The molecule has 4 N–H and O–H groups in total. The van der Waals surface area contributed by atoms with Crippen LogP contribution in [0.25, 0.3) is 0 Å². The van der Waals surface area contributed by atoms with Gasteiger partial charge in [-0.3, -0.25) is 9.35 Å². The molecule has 0 saturated carbocycles. The summed E-state index contributed by atoms with van der Waals surface area (Å²) in [4.78, 5) is 10.8. The van der Waals surface area contributed by atoms with E-state index in [0.717, 1.165) is 0 Å². The van der Waals surface area contributed by atoms with Gasteiger partial charge >= 0.3 is 16.3 Å². The second-order valence-electron chi connectivity index (χ2n) is 3.35. The van der Waals surface area contributed by atoms with Crippen molar-refractivity contribution in [2.45, 2.75) is 12.5 Å². The van der Waals surface area contributed by atoms with Crippen molar-refractivity contribution in [1.82, 2.24) is 4.72 Å². The molecule has 0 heterocycles. The van der Waals surface area contributed by atoms with E-state index < -0.39 is 22.3 Å². The minimum atomic E-state index is -4.58. The van der Waals surface area contributed by atoms with E-state index in [0.29, 0.717) is 5.56 Å². The molecule has 0 spiro atoms. The number of hydrogen-bond donors (Lipinski definition) is 4. The van der Waals surface area contributed by atoms with E-state index in [-0.39, 0.29) is 12.2 Å². The first-order valence-electron chi connectivity index (χ1n) is 4.53. The van der Waals surface area contributed by atoms with E-state index in [9.17, 15) is 13.2 Å². The van der Waals surface area contributed by atoms with E-state index >= 15 is 0 Å². The van der Waals surface area contributed by atoms with Gasteiger partial charge in [0.2, 0.25) is 0 Å². The van der Waals surface area contributed by atoms with E-state index in [1.54, 1.807) is 4.72 Å². The smallest absolute Gasteiger partial charge is 0.334 e. The monoisotopic (exact) mass is 261 g/mol. The van der Waals surface area contributed by atoms with Gasteiger partial charge in [-0.15, -0.1) is 0 Å². The third-order valence-corrected chi connectivity index (χ3v) is 2.55. The van der Waals surface area contributed by atoms with Crippen LogP contribution in [0.1, 0.15) is 5.56 Å². The van der Waals surface area contributed by atoms with Gasteiger partial charge in [0.1, 0.15) is 11.8 Å². The van der Waals surface area contributed by atoms with Gasteiger partial charge in [0.05, 0.1) is 0 Å². The van der Waals surface area contributed by atoms with Crippen molar-refractivity contribution in [3.05, 3.63) is 29.8 Å². The summed E-state index contributed by atoms with van der Waals surface area (Å²) in [5.74, 6) is -1.39. The van der Waals surface area contributed by atoms with Crippen LogP contribution >= 0.6 is 0 Å². The van der Waals surface area contributed by atoms with Crippen LogP contribution < -0.4 is 4.72 Å². The van der Waals surface area contributed by atoms with Gasteiger partial charge < -0.3 is 10.2 Å². The van der Waals surface area contributed by atoms with Crippen LogP contribution in [0.2, 0.25) is 0 Å². The molecule has 1 aromatic rings. The molecule has 94 valence electrons. The Bertz CT molecular complexity index is 495. The number of nitrogens with one attached hydrogen (secondary N) is 1. The van der Waals surface area contributed by atoms with Crippen LogP contribution in [-0.4, -0.2) is 35.2 Å². The summed E-state index contributed by atoms with van der Waals surface area (Å²) in [6.07, 6.45) is -0.143. The first-order chi connectivity index (χ1) is 7.78. The van der Waals surface area contributed by atoms with Gasteiger partial charge in [-0.05, 0) is 24.1 Å². The highest BCUT2D eigenvalue weighted by Crippen LogP contribution is 2.11. The third-order valence-electron chi connectivity index (χ3n) is 1.97. The Labute approximate surface area is 97.6 Å². The molecule has 0 aliphatic carbocycles. The van der Waals surface area contributed by atoms with Crippen molar-refractivity contribution in [3.63, 3.8) is 0 Å². The summed E-state index contributed by atoms with van der Waals surface area (Å²) in [6, 6.07) is 4.15. The summed E-state index contributed by atoms with van der Waals surface area (Å²) in [5.41, 5.74) is 0.506. The highest BCUT2D eigenvalue weighted by molar-refractivity contribution is 7.83. The maximum atomic E-state index is 10.8. The predicted octanol–water partition coefficient (Wildman–Crippen LogP) is -0.220. The fourth-order valence-electron chi connectivity index (χ4n) is 1.23. The van der Waals surface area contributed by atoms with Crippen LogP contribution in [0.5, 0.6) is 5.75 Å². The zero-order valence-electron chi connectivity index (χ0n) is 8.57. The zero-order chi connectivity index (χ0) is 13.1. The quantitative estimate of drug-likeness (QED) is 0.543. The third kappa shape index (κ3) is 4.81. The van der Waals surface area contributed by atoms with Crippen LogP contribution in [0.15, 0.2) is 24.3 Å². The largest absolute Gasteiger partial charge is 0.508 e. The van der Waals surface area contributed by atoms with Gasteiger partial charge in [-0.25, -0.2) is 0 Å². The highest BCUT2D eigenvalue weighted by Gasteiger charge is 2.22. The number of rotatable bonds is 5. The Hall–Kier alpha value is -1.64. The number of carboxylic acid groups (broad SMARTS) is 1. The van der Waals surface area contributed by atoms with Crippen molar-refractivity contribution >= 4 is 16.3 Å². The highest BCUT2D eigenvalue weighted by atomic mass is 32.2. The van der Waals surface area contributed by atoms with Gasteiger partial charge in [0, 0.05) is 0 Å². The predicted molar refractivity (Wildman–Crippen MR) is 57.9 cm³/mol. The lowest BCUT2D eigenvalue weighted by atomic mass is 10.1. The number of hydrogen-bond acceptors (Lipinski definition) is 4. The zero-order valence-corrected chi connectivity index (χ0v) is 9.38. The van der Waals surface area contributed by atoms with Crippen molar-refractivity contribution < 1.29 is 28.0 Å². The molecule has 1 rings (SSSR count). The molecule has 1 atom stereocenters. The topological polar surface area (TPSA) is 124 Å². The lowest BCUT2D eigenvalue weighted by Crippen LogP contribution is -2.41. The lowest BCUT2D eigenvalue weighted by molar-refractivity contribution is -0.139. The number of aromatic hydroxyl groups is 1. The molecule has 17 heavy (non-hydrogen) atoms. The lowest BCUT2D eigenvalue weighted by Gasteiger charge is -2.11. The van der Waals surface area contributed by atoms with Crippen LogP contribution in [0.3, 0.4) is 0 Å². The minimum absolute atomic E-state index is 0.0170. The second-order valence-corrected chi connectivity index (χ2v) is 4.54. The number of aliphatic carboxylic acids is 1. The van der Waals surface area contributed by atoms with Crippen LogP contribution in [0, 0.1) is 0 Å². The fourth-order valence-corrected chi connectivity index (χ4v) is 1.77. The molecule has 0 bridgehead atoms. The molecule has 7 nitrogen and oxygen atoms in total. The van der Waals surface area contributed by atoms with Gasteiger partial charge in [0.15, 0.2) is 0 Å².